The highest BCUT2D eigenvalue weighted by molar-refractivity contribution is 8.03. The highest BCUT2D eigenvalue weighted by Crippen LogP contribution is 2.23. The Labute approximate surface area is 121 Å². The molecule has 0 amide bonds. The van der Waals surface area contributed by atoms with Crippen LogP contribution < -0.4 is 0 Å². The molecule has 19 heavy (non-hydrogen) atoms. The SMILES string of the molecule is OCc1ccc(SCCSc2ccc(F)cc2)cc1. The molecule has 0 aliphatic heterocycles. The molecule has 0 atom stereocenters. The van der Waals surface area contributed by atoms with Crippen molar-refractivity contribution >= 4 is 23.5 Å². The number of hydrogen-bond donors (Lipinski definition) is 1. The Morgan fingerprint density at radius 1 is 0.789 bits per heavy atom. The van der Waals surface area contributed by atoms with Gasteiger partial charge >= 0.3 is 0 Å². The highest BCUT2D eigenvalue weighted by atomic mass is 32.2. The summed E-state index contributed by atoms with van der Waals surface area (Å²) in [7, 11) is 0. The molecule has 4 heteroatoms. The Hall–Kier alpha value is -0.970. The van der Waals surface area contributed by atoms with E-state index in [1.165, 1.54) is 17.0 Å². The molecule has 0 aliphatic rings. The van der Waals surface area contributed by atoms with Crippen molar-refractivity contribution in [2.45, 2.75) is 16.4 Å². The summed E-state index contributed by atoms with van der Waals surface area (Å²) in [6.07, 6.45) is 0. The van der Waals surface area contributed by atoms with Gasteiger partial charge < -0.3 is 5.11 Å². The topological polar surface area (TPSA) is 20.2 Å². The predicted molar refractivity (Wildman–Crippen MR) is 80.2 cm³/mol. The quantitative estimate of drug-likeness (QED) is 0.637. The summed E-state index contributed by atoms with van der Waals surface area (Å²) in [6.45, 7) is 0.0887. The zero-order chi connectivity index (χ0) is 13.5. The minimum Gasteiger partial charge on any atom is -0.392 e. The minimum absolute atomic E-state index is 0.0887. The van der Waals surface area contributed by atoms with Gasteiger partial charge in [-0.25, -0.2) is 4.39 Å². The second kappa shape index (κ2) is 7.58. The van der Waals surface area contributed by atoms with Crippen LogP contribution in [0, 0.1) is 5.82 Å². The Balaban J connectivity index is 1.72. The Kier molecular flexibility index (Phi) is 5.76. The molecule has 0 saturated carbocycles. The molecule has 2 rings (SSSR count). The number of halogens is 1. The van der Waals surface area contributed by atoms with Crippen LogP contribution in [-0.4, -0.2) is 16.6 Å². The maximum atomic E-state index is 12.7. The van der Waals surface area contributed by atoms with Crippen LogP contribution in [0.5, 0.6) is 0 Å². The van der Waals surface area contributed by atoms with Gasteiger partial charge in [-0.05, 0) is 42.0 Å². The van der Waals surface area contributed by atoms with Gasteiger partial charge in [-0.1, -0.05) is 12.1 Å². The van der Waals surface area contributed by atoms with Gasteiger partial charge in [-0.15, -0.1) is 23.5 Å². The second-order valence-corrected chi connectivity index (χ2v) is 6.29. The van der Waals surface area contributed by atoms with E-state index in [-0.39, 0.29) is 12.4 Å². The van der Waals surface area contributed by atoms with E-state index in [2.05, 4.69) is 0 Å². The molecule has 0 unspecified atom stereocenters. The lowest BCUT2D eigenvalue weighted by molar-refractivity contribution is 0.282. The Morgan fingerprint density at radius 3 is 1.74 bits per heavy atom. The van der Waals surface area contributed by atoms with Crippen LogP contribution in [0.3, 0.4) is 0 Å². The van der Waals surface area contributed by atoms with Gasteiger partial charge in [-0.2, -0.15) is 0 Å². The maximum Gasteiger partial charge on any atom is 0.123 e. The normalized spacial score (nSPS) is 10.6. The molecule has 0 bridgehead atoms. The molecule has 1 N–H and O–H groups in total. The molecule has 0 aromatic heterocycles. The number of thioether (sulfide) groups is 2. The third-order valence-corrected chi connectivity index (χ3v) is 4.83. The van der Waals surface area contributed by atoms with E-state index < -0.39 is 0 Å². The standard InChI is InChI=1S/C15H15FOS2/c16-13-3-7-15(8-4-13)19-10-9-18-14-5-1-12(11-17)2-6-14/h1-8,17H,9-11H2. The molecular formula is C15H15FOS2. The molecule has 0 saturated heterocycles. The summed E-state index contributed by atoms with van der Waals surface area (Å²) in [5.74, 6) is 1.79. The summed E-state index contributed by atoms with van der Waals surface area (Å²) in [5, 5.41) is 8.95. The highest BCUT2D eigenvalue weighted by Gasteiger charge is 1.97. The summed E-state index contributed by atoms with van der Waals surface area (Å²) in [6, 6.07) is 14.5. The number of aliphatic hydroxyl groups excluding tert-OH is 1. The van der Waals surface area contributed by atoms with Crippen LogP contribution >= 0.6 is 23.5 Å². The van der Waals surface area contributed by atoms with E-state index in [0.717, 1.165) is 22.0 Å². The van der Waals surface area contributed by atoms with Crippen molar-refractivity contribution in [2.24, 2.45) is 0 Å². The molecule has 2 aromatic carbocycles. The molecule has 100 valence electrons. The largest absolute Gasteiger partial charge is 0.392 e. The number of hydrogen-bond acceptors (Lipinski definition) is 3. The van der Waals surface area contributed by atoms with Crippen molar-refractivity contribution in [3.8, 4) is 0 Å². The first-order chi connectivity index (χ1) is 9.28. The number of benzene rings is 2. The first-order valence-electron chi connectivity index (χ1n) is 5.99. The van der Waals surface area contributed by atoms with Crippen molar-refractivity contribution < 1.29 is 9.50 Å². The van der Waals surface area contributed by atoms with Crippen LogP contribution in [0.1, 0.15) is 5.56 Å². The maximum absolute atomic E-state index is 12.7. The smallest absolute Gasteiger partial charge is 0.123 e. The first kappa shape index (κ1) is 14.4. The third-order valence-electron chi connectivity index (χ3n) is 2.54. The van der Waals surface area contributed by atoms with Gasteiger partial charge in [0.05, 0.1) is 6.61 Å². The molecule has 2 aromatic rings. The van der Waals surface area contributed by atoms with Crippen molar-refractivity contribution in [1.29, 1.82) is 0 Å². The lowest BCUT2D eigenvalue weighted by Crippen LogP contribution is -1.86. The molecular weight excluding hydrogens is 279 g/mol. The summed E-state index contributed by atoms with van der Waals surface area (Å²) >= 11 is 3.51. The zero-order valence-electron chi connectivity index (χ0n) is 10.4. The van der Waals surface area contributed by atoms with Gasteiger partial charge in [0.25, 0.3) is 0 Å². The molecule has 0 aliphatic carbocycles. The van der Waals surface area contributed by atoms with E-state index in [0.29, 0.717) is 0 Å². The lowest BCUT2D eigenvalue weighted by Gasteiger charge is -2.03. The Morgan fingerprint density at radius 2 is 1.26 bits per heavy atom. The fourth-order valence-corrected chi connectivity index (χ4v) is 3.34. The fraction of sp³-hybridized carbons (Fsp3) is 0.200. The molecule has 1 nitrogen and oxygen atoms in total. The molecule has 0 spiro atoms. The van der Waals surface area contributed by atoms with Crippen molar-refractivity contribution in [1.82, 2.24) is 0 Å². The van der Waals surface area contributed by atoms with E-state index in [1.807, 2.05) is 24.3 Å². The summed E-state index contributed by atoms with van der Waals surface area (Å²) in [5.41, 5.74) is 0.935. The van der Waals surface area contributed by atoms with Gasteiger partial charge in [0, 0.05) is 21.3 Å². The predicted octanol–water partition coefficient (Wildman–Crippen LogP) is 4.20. The van der Waals surface area contributed by atoms with Crippen molar-refractivity contribution in [2.75, 3.05) is 11.5 Å². The third kappa shape index (κ3) is 4.90. The number of aliphatic hydroxyl groups is 1. The van der Waals surface area contributed by atoms with Crippen molar-refractivity contribution in [3.63, 3.8) is 0 Å². The summed E-state index contributed by atoms with van der Waals surface area (Å²) in [4.78, 5) is 2.30. The van der Waals surface area contributed by atoms with Gasteiger partial charge in [0.2, 0.25) is 0 Å². The minimum atomic E-state index is -0.192. The molecule has 0 fully saturated rings. The first-order valence-corrected chi connectivity index (χ1v) is 7.96. The van der Waals surface area contributed by atoms with Gasteiger partial charge in [0.15, 0.2) is 0 Å². The van der Waals surface area contributed by atoms with Crippen LogP contribution in [0.15, 0.2) is 58.3 Å². The van der Waals surface area contributed by atoms with Crippen LogP contribution in [0.4, 0.5) is 4.39 Å². The van der Waals surface area contributed by atoms with E-state index in [4.69, 9.17) is 5.11 Å². The monoisotopic (exact) mass is 294 g/mol. The Bertz CT molecular complexity index is 497. The summed E-state index contributed by atoms with van der Waals surface area (Å²) < 4.78 is 12.7. The van der Waals surface area contributed by atoms with Crippen LogP contribution in [0.25, 0.3) is 0 Å². The average molecular weight is 294 g/mol. The van der Waals surface area contributed by atoms with Crippen molar-refractivity contribution in [3.05, 3.63) is 59.9 Å². The average Bonchev–Trinajstić information content (AvgIpc) is 2.46. The second-order valence-electron chi connectivity index (χ2n) is 3.95. The molecule has 0 heterocycles. The number of rotatable bonds is 6. The van der Waals surface area contributed by atoms with E-state index in [1.54, 1.807) is 35.7 Å². The van der Waals surface area contributed by atoms with Crippen LogP contribution in [0.2, 0.25) is 0 Å². The van der Waals surface area contributed by atoms with Gasteiger partial charge in [0.1, 0.15) is 5.82 Å². The zero-order valence-corrected chi connectivity index (χ0v) is 12.0. The van der Waals surface area contributed by atoms with E-state index >= 15 is 0 Å². The van der Waals surface area contributed by atoms with Crippen LogP contribution in [-0.2, 0) is 6.61 Å². The molecule has 0 radical (unpaired) electrons. The fourth-order valence-electron chi connectivity index (χ4n) is 1.54. The lowest BCUT2D eigenvalue weighted by atomic mass is 10.2. The van der Waals surface area contributed by atoms with Gasteiger partial charge in [-0.3, -0.25) is 0 Å². The van der Waals surface area contributed by atoms with E-state index in [9.17, 15) is 4.39 Å².